The molecule has 2 aromatic rings. The molecule has 7 N–H and O–H groups in total. The Hall–Kier alpha value is -2.54. The van der Waals surface area contributed by atoms with Gasteiger partial charge >= 0.3 is 5.56 Å². The zero-order valence-corrected chi connectivity index (χ0v) is 18.9. The maximum absolute atomic E-state index is 12.9. The molecule has 3 rings (SSSR count). The van der Waals surface area contributed by atoms with E-state index in [-0.39, 0.29) is 22.9 Å². The number of nitrogens with one attached hydrogen (secondary N) is 2. The number of nitrogens with two attached hydrogens (primary N) is 1. The minimum atomic E-state index is -1.49. The Labute approximate surface area is 190 Å². The Balaban J connectivity index is 1.73. The zero-order chi connectivity index (χ0) is 24.0. The van der Waals surface area contributed by atoms with Crippen molar-refractivity contribution in [3.63, 3.8) is 0 Å². The van der Waals surface area contributed by atoms with Crippen molar-refractivity contribution in [2.75, 3.05) is 24.2 Å². The van der Waals surface area contributed by atoms with Crippen LogP contribution in [-0.2, 0) is 4.74 Å². The lowest BCUT2D eigenvalue weighted by Crippen LogP contribution is -2.33. The third-order valence-corrected chi connectivity index (χ3v) is 5.90. The number of aromatic amines is 1. The summed E-state index contributed by atoms with van der Waals surface area (Å²) in [6.07, 6.45) is 3.96. The molecule has 33 heavy (non-hydrogen) atoms. The molecule has 0 bridgehead atoms. The molecule has 4 atom stereocenters. The monoisotopic (exact) mass is 466 g/mol. The lowest BCUT2D eigenvalue weighted by molar-refractivity contribution is -0.0499. The van der Waals surface area contributed by atoms with Crippen LogP contribution in [0.25, 0.3) is 11.0 Å². The van der Waals surface area contributed by atoms with Gasteiger partial charge in [-0.3, -0.25) is 19.1 Å². The first-order chi connectivity index (χ1) is 15.9. The second-order valence-corrected chi connectivity index (χ2v) is 8.39. The van der Waals surface area contributed by atoms with Gasteiger partial charge in [0.05, 0.1) is 6.61 Å². The van der Waals surface area contributed by atoms with Crippen molar-refractivity contribution in [1.29, 1.82) is 0 Å². The van der Waals surface area contributed by atoms with E-state index in [0.717, 1.165) is 23.8 Å². The molecule has 2 aromatic heterocycles. The number of nitrogens with zero attached hydrogens (tertiary/aromatic N) is 3. The Morgan fingerprint density at radius 1 is 1.06 bits per heavy atom. The maximum atomic E-state index is 12.9. The molecule has 0 spiro atoms. The van der Waals surface area contributed by atoms with E-state index in [1.54, 1.807) is 0 Å². The molecule has 0 amide bonds. The van der Waals surface area contributed by atoms with E-state index in [2.05, 4.69) is 27.2 Å². The number of anilines is 2. The van der Waals surface area contributed by atoms with Crippen molar-refractivity contribution in [3.8, 4) is 0 Å². The van der Waals surface area contributed by atoms with E-state index in [4.69, 9.17) is 10.5 Å². The largest absolute Gasteiger partial charge is 0.394 e. The number of aliphatic hydroxyl groups is 3. The molecular weight excluding hydrogens is 432 g/mol. The topological polar surface area (TPSA) is 189 Å². The summed E-state index contributed by atoms with van der Waals surface area (Å²) in [6.45, 7) is 2.18. The number of imidazole rings is 1. The van der Waals surface area contributed by atoms with Crippen molar-refractivity contribution >= 4 is 22.9 Å². The Bertz CT molecular complexity index is 1040. The van der Waals surface area contributed by atoms with Crippen LogP contribution in [0.1, 0.15) is 64.5 Å². The van der Waals surface area contributed by atoms with Crippen LogP contribution < -0.4 is 22.2 Å². The van der Waals surface area contributed by atoms with Gasteiger partial charge < -0.3 is 31.1 Å². The molecule has 0 radical (unpaired) electrons. The fraction of sp³-hybridized carbons (Fsp3) is 0.714. The fourth-order valence-corrected chi connectivity index (χ4v) is 4.07. The molecular formula is C21H34N6O6. The molecule has 1 fully saturated rings. The second-order valence-electron chi connectivity index (χ2n) is 8.39. The first-order valence-corrected chi connectivity index (χ1v) is 11.6. The van der Waals surface area contributed by atoms with Gasteiger partial charge in [0.15, 0.2) is 11.7 Å². The molecule has 1 saturated heterocycles. The summed E-state index contributed by atoms with van der Waals surface area (Å²) in [5, 5.41) is 32.7. The molecule has 0 unspecified atom stereocenters. The summed E-state index contributed by atoms with van der Waals surface area (Å²) in [4.78, 5) is 35.9. The predicted molar refractivity (Wildman–Crippen MR) is 123 cm³/mol. The average Bonchev–Trinajstić information content (AvgIpc) is 3.24. The molecule has 3 heterocycles. The number of nitrogen functional groups attached to an aromatic ring is 1. The number of ether oxygens (including phenoxy) is 1. The van der Waals surface area contributed by atoms with Crippen LogP contribution in [0.15, 0.2) is 9.59 Å². The zero-order valence-electron chi connectivity index (χ0n) is 18.9. The van der Waals surface area contributed by atoms with Gasteiger partial charge in [0.25, 0.3) is 5.56 Å². The van der Waals surface area contributed by atoms with Crippen LogP contribution >= 0.6 is 0 Å². The van der Waals surface area contributed by atoms with Gasteiger partial charge in [0, 0.05) is 6.54 Å². The third-order valence-electron chi connectivity index (χ3n) is 5.90. The Morgan fingerprint density at radius 2 is 1.73 bits per heavy atom. The van der Waals surface area contributed by atoms with Crippen LogP contribution in [0.2, 0.25) is 0 Å². The normalized spacial score (nSPS) is 22.8. The van der Waals surface area contributed by atoms with E-state index in [0.29, 0.717) is 6.54 Å². The smallest absolute Gasteiger partial charge is 0.301 e. The summed E-state index contributed by atoms with van der Waals surface area (Å²) in [5.41, 5.74) is 3.88. The van der Waals surface area contributed by atoms with Gasteiger partial charge in [-0.15, -0.1) is 0 Å². The second kappa shape index (κ2) is 11.5. The average molecular weight is 467 g/mol. The molecule has 0 saturated carbocycles. The van der Waals surface area contributed by atoms with Gasteiger partial charge in [0.2, 0.25) is 11.9 Å². The predicted octanol–water partition coefficient (Wildman–Crippen LogP) is 0.226. The van der Waals surface area contributed by atoms with Gasteiger partial charge in [-0.1, -0.05) is 51.9 Å². The first-order valence-electron chi connectivity index (χ1n) is 11.6. The molecule has 184 valence electrons. The molecule has 0 aromatic carbocycles. The summed E-state index contributed by atoms with van der Waals surface area (Å²) in [7, 11) is 0. The van der Waals surface area contributed by atoms with Crippen molar-refractivity contribution in [2.24, 2.45) is 0 Å². The summed E-state index contributed by atoms with van der Waals surface area (Å²) in [5.74, 6) is -0.249. The van der Waals surface area contributed by atoms with E-state index in [1.165, 1.54) is 32.1 Å². The minimum Gasteiger partial charge on any atom is -0.394 e. The lowest BCUT2D eigenvalue weighted by atomic mass is 10.1. The highest BCUT2D eigenvalue weighted by atomic mass is 16.6. The van der Waals surface area contributed by atoms with Gasteiger partial charge in [0.1, 0.15) is 23.8 Å². The fourth-order valence-electron chi connectivity index (χ4n) is 4.07. The van der Waals surface area contributed by atoms with Crippen LogP contribution in [0.4, 0.5) is 11.9 Å². The summed E-state index contributed by atoms with van der Waals surface area (Å²) < 4.78 is 6.50. The van der Waals surface area contributed by atoms with Crippen LogP contribution in [0, 0.1) is 0 Å². The van der Waals surface area contributed by atoms with E-state index in [1.807, 2.05) is 0 Å². The van der Waals surface area contributed by atoms with E-state index in [9.17, 15) is 24.9 Å². The van der Waals surface area contributed by atoms with Crippen molar-refractivity contribution in [3.05, 3.63) is 20.7 Å². The maximum Gasteiger partial charge on any atom is 0.301 e. The number of unbranched alkanes of at least 4 members (excludes halogenated alkanes) is 7. The van der Waals surface area contributed by atoms with Gasteiger partial charge in [-0.05, 0) is 6.42 Å². The first kappa shape index (κ1) is 25.1. The number of rotatable bonds is 12. The number of aliphatic hydroxyl groups excluding tert-OH is 3. The Kier molecular flexibility index (Phi) is 8.78. The number of hydrogen-bond donors (Lipinski definition) is 6. The minimum absolute atomic E-state index is 0.0113. The summed E-state index contributed by atoms with van der Waals surface area (Å²) >= 11 is 0. The van der Waals surface area contributed by atoms with Gasteiger partial charge in [-0.2, -0.15) is 4.98 Å². The SMILES string of the molecule is CCCCCCCCCCNc1nc(=O)c2nc(N)n([C@@H]3O[C@H](CO)[C@@H](O)[C@H]3O)c2c(=O)[nH]1. The number of H-pyrrole nitrogens is 1. The molecule has 1 aliphatic rings. The Morgan fingerprint density at radius 3 is 2.36 bits per heavy atom. The van der Waals surface area contributed by atoms with Crippen molar-refractivity contribution in [1.82, 2.24) is 19.5 Å². The molecule has 1 aliphatic heterocycles. The standard InChI is InChI=1S/C21H34N6O6/c1-2-3-4-5-6-7-8-9-10-23-21-25-17(31)13-14(18(32)26-21)27(20(22)24-13)19-16(30)15(29)12(11-28)33-19/h12,15-16,19,28-30H,2-11H2,1H3,(H2,22,24)(H2,23,25,26,31,32)/t12-,15-,16-,19-/m1/s1. The quantitative estimate of drug-likeness (QED) is 0.236. The number of fused-ring (bicyclic) bond motifs is 1. The third kappa shape index (κ3) is 5.69. The number of aromatic nitrogens is 4. The van der Waals surface area contributed by atoms with Crippen molar-refractivity contribution < 1.29 is 20.1 Å². The van der Waals surface area contributed by atoms with E-state index < -0.39 is 42.3 Å². The highest BCUT2D eigenvalue weighted by Crippen LogP contribution is 2.32. The van der Waals surface area contributed by atoms with Crippen LogP contribution in [0.5, 0.6) is 0 Å². The number of hydrogen-bond acceptors (Lipinski definition) is 10. The lowest BCUT2D eigenvalue weighted by Gasteiger charge is -2.17. The van der Waals surface area contributed by atoms with E-state index >= 15 is 0 Å². The van der Waals surface area contributed by atoms with Crippen LogP contribution in [0.3, 0.4) is 0 Å². The molecule has 12 heteroatoms. The highest BCUT2D eigenvalue weighted by Gasteiger charge is 2.44. The van der Waals surface area contributed by atoms with Crippen LogP contribution in [-0.4, -0.2) is 66.3 Å². The summed E-state index contributed by atoms with van der Waals surface area (Å²) in [6, 6.07) is 0. The molecule has 0 aliphatic carbocycles. The van der Waals surface area contributed by atoms with Gasteiger partial charge in [-0.25, -0.2) is 4.98 Å². The highest BCUT2D eigenvalue weighted by molar-refractivity contribution is 5.76. The molecule has 12 nitrogen and oxygen atoms in total. The van der Waals surface area contributed by atoms with Crippen molar-refractivity contribution in [2.45, 2.75) is 82.8 Å².